The van der Waals surface area contributed by atoms with E-state index in [1.807, 2.05) is 10.6 Å². The fourth-order valence-corrected chi connectivity index (χ4v) is 5.19. The summed E-state index contributed by atoms with van der Waals surface area (Å²) in [5, 5.41) is 3.86. The zero-order valence-corrected chi connectivity index (χ0v) is 18.7. The first kappa shape index (κ1) is 22.5. The molecule has 1 fully saturated rings. The summed E-state index contributed by atoms with van der Waals surface area (Å²) >= 11 is 0. The fourth-order valence-electron chi connectivity index (χ4n) is 5.19. The lowest BCUT2D eigenvalue weighted by Gasteiger charge is -2.39. The Labute approximate surface area is 193 Å². The second-order valence-electron chi connectivity index (χ2n) is 9.24. The zero-order valence-electron chi connectivity index (χ0n) is 18.7. The predicted octanol–water partition coefficient (Wildman–Crippen LogP) is 4.72. The first-order chi connectivity index (χ1) is 16.2. The second-order valence-corrected chi connectivity index (χ2v) is 9.24. The number of rotatable bonds is 2. The van der Waals surface area contributed by atoms with Crippen LogP contribution in [0.3, 0.4) is 0 Å². The van der Waals surface area contributed by atoms with E-state index in [1.54, 1.807) is 23.5 Å². The second kappa shape index (κ2) is 8.48. The smallest absolute Gasteiger partial charge is 0.346 e. The molecular formula is C24H26F3N5O2. The minimum absolute atomic E-state index is 0.0145. The highest BCUT2D eigenvalue weighted by molar-refractivity contribution is 6.02. The number of allylic oxidation sites excluding steroid dienone is 2. The van der Waals surface area contributed by atoms with Gasteiger partial charge in [0.2, 0.25) is 0 Å². The number of hydrogen-bond acceptors (Lipinski definition) is 3. The largest absolute Gasteiger partial charge is 0.397 e. The van der Waals surface area contributed by atoms with Gasteiger partial charge in [0.1, 0.15) is 5.65 Å². The van der Waals surface area contributed by atoms with Crippen LogP contribution in [0.15, 0.2) is 47.3 Å². The van der Waals surface area contributed by atoms with Crippen molar-refractivity contribution in [3.05, 3.63) is 52.7 Å². The molecule has 2 aliphatic rings. The molecule has 0 saturated carbocycles. The maximum Gasteiger partial charge on any atom is 0.397 e. The van der Waals surface area contributed by atoms with Gasteiger partial charge in [-0.1, -0.05) is 13.0 Å². The van der Waals surface area contributed by atoms with Crippen molar-refractivity contribution >= 4 is 28.0 Å². The third kappa shape index (κ3) is 3.95. The van der Waals surface area contributed by atoms with E-state index in [-0.39, 0.29) is 29.5 Å². The highest BCUT2D eigenvalue weighted by Crippen LogP contribution is 2.38. The van der Waals surface area contributed by atoms with Crippen LogP contribution >= 0.6 is 0 Å². The summed E-state index contributed by atoms with van der Waals surface area (Å²) in [6, 6.07) is 2.69. The Morgan fingerprint density at radius 1 is 1.24 bits per heavy atom. The number of amides is 2. The normalized spacial score (nSPS) is 23.8. The van der Waals surface area contributed by atoms with E-state index in [0.29, 0.717) is 43.4 Å². The van der Waals surface area contributed by atoms with E-state index in [2.05, 4.69) is 22.2 Å². The fraction of sp³-hybridized carbons (Fsp3) is 0.458. The zero-order chi connectivity index (χ0) is 24.0. The van der Waals surface area contributed by atoms with E-state index >= 15 is 0 Å². The molecule has 10 heteroatoms. The molecule has 180 valence electrons. The quantitative estimate of drug-likeness (QED) is 0.565. The van der Waals surface area contributed by atoms with Gasteiger partial charge in [0, 0.05) is 48.8 Å². The average Bonchev–Trinajstić information content (AvgIpc) is 3.29. The van der Waals surface area contributed by atoms with E-state index in [0.717, 1.165) is 10.9 Å². The number of aromatic amines is 1. The summed E-state index contributed by atoms with van der Waals surface area (Å²) in [6.45, 7) is 2.86. The van der Waals surface area contributed by atoms with Crippen molar-refractivity contribution in [3.8, 4) is 0 Å². The molecule has 1 aliphatic carbocycles. The maximum absolute atomic E-state index is 13.5. The number of urea groups is 1. The van der Waals surface area contributed by atoms with Crippen LogP contribution in [0.2, 0.25) is 0 Å². The maximum atomic E-state index is 13.5. The Kier molecular flexibility index (Phi) is 5.61. The van der Waals surface area contributed by atoms with E-state index in [9.17, 15) is 22.8 Å². The van der Waals surface area contributed by atoms with Crippen LogP contribution in [0.25, 0.3) is 21.9 Å². The van der Waals surface area contributed by atoms with Crippen LogP contribution in [0.5, 0.6) is 0 Å². The third-order valence-electron chi connectivity index (χ3n) is 7.11. The van der Waals surface area contributed by atoms with E-state index < -0.39 is 18.1 Å². The molecule has 0 bridgehead atoms. The molecule has 5 rings (SSSR count). The highest BCUT2D eigenvalue weighted by atomic mass is 19.4. The number of fused-ring (bicyclic) bond motifs is 3. The van der Waals surface area contributed by atoms with Gasteiger partial charge < -0.3 is 19.8 Å². The lowest BCUT2D eigenvalue weighted by Crippen LogP contribution is -2.49. The molecular weight excluding hydrogens is 447 g/mol. The van der Waals surface area contributed by atoms with Crippen molar-refractivity contribution < 1.29 is 18.0 Å². The molecule has 2 amide bonds. The lowest BCUT2D eigenvalue weighted by atomic mass is 9.91. The summed E-state index contributed by atoms with van der Waals surface area (Å²) in [7, 11) is 0. The van der Waals surface area contributed by atoms with Crippen LogP contribution < -0.4 is 10.7 Å². The molecule has 1 aliphatic heterocycles. The Hall–Kier alpha value is -3.30. The number of likely N-dealkylation sites (tertiary alicyclic amines) is 1. The van der Waals surface area contributed by atoms with E-state index in [1.165, 1.54) is 12.1 Å². The van der Waals surface area contributed by atoms with Crippen LogP contribution in [0, 0.1) is 11.8 Å². The SMILES string of the molecule is C[C@@H]1CCN(C(=O)NC2=CCCCC2C(F)(F)F)C[C@@H]1n1ccc(=O)c2cnc3[nH]ccc3c21. The molecule has 1 saturated heterocycles. The number of carbonyl (C=O) groups excluding carboxylic acids is 1. The third-order valence-corrected chi connectivity index (χ3v) is 7.11. The number of hydrogen-bond donors (Lipinski definition) is 2. The van der Waals surface area contributed by atoms with Crippen LogP contribution in [-0.2, 0) is 0 Å². The summed E-state index contributed by atoms with van der Waals surface area (Å²) in [5.74, 6) is -1.45. The first-order valence-corrected chi connectivity index (χ1v) is 11.5. The number of piperidine rings is 1. The molecule has 1 unspecified atom stereocenters. The molecule has 4 heterocycles. The first-order valence-electron chi connectivity index (χ1n) is 11.5. The number of carbonyl (C=O) groups is 1. The van der Waals surface area contributed by atoms with Crippen molar-refractivity contribution in [2.24, 2.45) is 11.8 Å². The lowest BCUT2D eigenvalue weighted by molar-refractivity contribution is -0.167. The Balaban J connectivity index is 1.45. The average molecular weight is 473 g/mol. The summed E-state index contributed by atoms with van der Waals surface area (Å²) in [5.41, 5.74) is 1.22. The molecule has 3 aromatic heterocycles. The van der Waals surface area contributed by atoms with Crippen molar-refractivity contribution in [3.63, 3.8) is 0 Å². The number of aromatic nitrogens is 3. The van der Waals surface area contributed by atoms with Gasteiger partial charge in [-0.25, -0.2) is 9.78 Å². The Bertz CT molecular complexity index is 1330. The summed E-state index contributed by atoms with van der Waals surface area (Å²) in [6.07, 6.45) is 3.81. The van der Waals surface area contributed by atoms with Gasteiger partial charge in [-0.05, 0) is 37.7 Å². The monoisotopic (exact) mass is 473 g/mol. The van der Waals surface area contributed by atoms with Gasteiger partial charge in [-0.2, -0.15) is 13.2 Å². The van der Waals surface area contributed by atoms with Gasteiger partial charge in [0.15, 0.2) is 5.43 Å². The van der Waals surface area contributed by atoms with Crippen LogP contribution in [0.1, 0.15) is 38.6 Å². The van der Waals surface area contributed by atoms with E-state index in [4.69, 9.17) is 0 Å². The van der Waals surface area contributed by atoms with Crippen LogP contribution in [0.4, 0.5) is 18.0 Å². The molecule has 3 atom stereocenters. The summed E-state index contributed by atoms with van der Waals surface area (Å²) < 4.78 is 42.4. The number of nitrogens with one attached hydrogen (secondary N) is 2. The van der Waals surface area contributed by atoms with Gasteiger partial charge in [0.25, 0.3) is 0 Å². The number of H-pyrrole nitrogens is 1. The van der Waals surface area contributed by atoms with Crippen LogP contribution in [-0.4, -0.2) is 44.7 Å². The predicted molar refractivity (Wildman–Crippen MR) is 122 cm³/mol. The Morgan fingerprint density at radius 2 is 2.06 bits per heavy atom. The van der Waals surface area contributed by atoms with Gasteiger partial charge in [-0.15, -0.1) is 0 Å². The molecule has 7 nitrogen and oxygen atoms in total. The topological polar surface area (TPSA) is 83.0 Å². The van der Waals surface area contributed by atoms with Gasteiger partial charge in [-0.3, -0.25) is 4.79 Å². The standard InChI is InChI=1S/C24H26F3N5O2/c1-14-7-10-31(23(34)30-18-5-3-2-4-17(18)24(25,26)27)13-19(14)32-11-8-20(33)16-12-29-22-15(21(16)32)6-9-28-22/h5-6,8-9,11-12,14,17,19H,2-4,7,10,13H2,1H3,(H,28,29)(H,30,34)/t14-,17?,19+/m1/s1. The summed E-state index contributed by atoms with van der Waals surface area (Å²) in [4.78, 5) is 34.5. The highest BCUT2D eigenvalue weighted by Gasteiger charge is 2.43. The number of nitrogens with zero attached hydrogens (tertiary/aromatic N) is 3. The van der Waals surface area contributed by atoms with Crippen molar-refractivity contribution in [1.82, 2.24) is 24.8 Å². The van der Waals surface area contributed by atoms with Gasteiger partial charge in [0.05, 0.1) is 22.9 Å². The van der Waals surface area contributed by atoms with Crippen molar-refractivity contribution in [2.75, 3.05) is 13.1 Å². The Morgan fingerprint density at radius 3 is 2.85 bits per heavy atom. The number of halogens is 3. The minimum Gasteiger partial charge on any atom is -0.346 e. The number of alkyl halides is 3. The molecule has 3 aromatic rings. The van der Waals surface area contributed by atoms with Crippen molar-refractivity contribution in [2.45, 2.75) is 44.8 Å². The molecule has 2 N–H and O–H groups in total. The molecule has 0 radical (unpaired) electrons. The number of pyridine rings is 2. The van der Waals surface area contributed by atoms with Gasteiger partial charge >= 0.3 is 12.2 Å². The molecule has 0 spiro atoms. The molecule has 34 heavy (non-hydrogen) atoms. The van der Waals surface area contributed by atoms with Crippen molar-refractivity contribution in [1.29, 1.82) is 0 Å². The minimum atomic E-state index is -4.39. The molecule has 0 aromatic carbocycles.